The lowest BCUT2D eigenvalue weighted by molar-refractivity contribution is 0.467. The van der Waals surface area contributed by atoms with Crippen LogP contribution in [0.1, 0.15) is 28.2 Å². The molecule has 0 radical (unpaired) electrons. The third kappa shape index (κ3) is 4.06. The summed E-state index contributed by atoms with van der Waals surface area (Å²) in [6, 6.07) is 61.4. The van der Waals surface area contributed by atoms with Crippen molar-refractivity contribution in [2.75, 3.05) is 0 Å². The molecule has 4 heteroatoms. The van der Waals surface area contributed by atoms with Crippen LogP contribution in [-0.4, -0.2) is 19.5 Å². The SMILES string of the molecule is C1=CC2c3c(c4c(c5ccccc35)c3c5ccccc5ccc3n4-c3nc(-c4ccccc4)nc(-c4ccccc4)n3)C3(c4ccccc4-c4ccccc43)C2C=C1. The molecule has 8 aromatic carbocycles. The lowest BCUT2D eigenvalue weighted by Crippen LogP contribution is -2.33. The zero-order valence-electron chi connectivity index (χ0n) is 31.4. The number of nitrogens with zero attached hydrogens (tertiary/aromatic N) is 4. The molecule has 0 saturated carbocycles. The molecule has 0 amide bonds. The second kappa shape index (κ2) is 11.8. The Kier molecular flexibility index (Phi) is 6.45. The van der Waals surface area contributed by atoms with Crippen molar-refractivity contribution < 1.29 is 0 Å². The highest BCUT2D eigenvalue weighted by molar-refractivity contribution is 6.30. The van der Waals surface area contributed by atoms with Gasteiger partial charge in [-0.25, -0.2) is 4.98 Å². The normalized spacial score (nSPS) is 17.0. The van der Waals surface area contributed by atoms with Crippen LogP contribution in [0.15, 0.2) is 194 Å². The van der Waals surface area contributed by atoms with E-state index in [0.29, 0.717) is 17.6 Å². The van der Waals surface area contributed by atoms with Gasteiger partial charge in [-0.3, -0.25) is 4.57 Å². The molecule has 0 aliphatic heterocycles. The van der Waals surface area contributed by atoms with Crippen molar-refractivity contribution in [2.24, 2.45) is 5.92 Å². The molecular formula is C54H34N4. The molecule has 13 rings (SSSR count). The first-order chi connectivity index (χ1) is 28.8. The fourth-order valence-corrected chi connectivity index (χ4v) is 11.0. The topological polar surface area (TPSA) is 43.6 Å². The van der Waals surface area contributed by atoms with E-state index in [-0.39, 0.29) is 11.8 Å². The molecule has 0 bridgehead atoms. The summed E-state index contributed by atoms with van der Waals surface area (Å²) < 4.78 is 2.40. The van der Waals surface area contributed by atoms with Crippen molar-refractivity contribution in [3.63, 3.8) is 0 Å². The minimum absolute atomic E-state index is 0.146. The largest absolute Gasteiger partial charge is 0.277 e. The van der Waals surface area contributed by atoms with E-state index in [4.69, 9.17) is 15.0 Å². The van der Waals surface area contributed by atoms with Crippen molar-refractivity contribution >= 4 is 43.4 Å². The summed E-state index contributed by atoms with van der Waals surface area (Å²) in [6.45, 7) is 0. The van der Waals surface area contributed by atoms with Crippen LogP contribution in [0, 0.1) is 5.92 Å². The molecule has 2 unspecified atom stereocenters. The van der Waals surface area contributed by atoms with Gasteiger partial charge in [0.1, 0.15) is 0 Å². The lowest BCUT2D eigenvalue weighted by atomic mass is 9.65. The van der Waals surface area contributed by atoms with E-state index in [2.05, 4.69) is 162 Å². The number of aromatic nitrogens is 4. The summed E-state index contributed by atoms with van der Waals surface area (Å²) in [6.07, 6.45) is 9.46. The summed E-state index contributed by atoms with van der Waals surface area (Å²) in [4.78, 5) is 16.1. The third-order valence-corrected chi connectivity index (χ3v) is 13.1. The number of allylic oxidation sites excluding steroid dienone is 4. The van der Waals surface area contributed by atoms with E-state index in [1.165, 1.54) is 65.7 Å². The molecule has 4 nitrogen and oxygen atoms in total. The Hall–Kier alpha value is -7.43. The Morgan fingerprint density at radius 3 is 1.72 bits per heavy atom. The average Bonchev–Trinajstić information content (AvgIpc) is 3.92. The first-order valence-corrected chi connectivity index (χ1v) is 20.1. The molecule has 0 saturated heterocycles. The highest BCUT2D eigenvalue weighted by Gasteiger charge is 2.59. The molecular weight excluding hydrogens is 705 g/mol. The van der Waals surface area contributed by atoms with Gasteiger partial charge in [0.05, 0.1) is 16.4 Å². The van der Waals surface area contributed by atoms with Crippen LogP contribution in [0.4, 0.5) is 0 Å². The number of hydrogen-bond donors (Lipinski definition) is 0. The molecule has 1 spiro atoms. The molecule has 2 atom stereocenters. The second-order valence-electron chi connectivity index (χ2n) is 15.8. The van der Waals surface area contributed by atoms with E-state index < -0.39 is 5.41 Å². The molecule has 2 aromatic heterocycles. The van der Waals surface area contributed by atoms with Gasteiger partial charge in [-0.1, -0.05) is 188 Å². The monoisotopic (exact) mass is 738 g/mol. The van der Waals surface area contributed by atoms with Crippen LogP contribution < -0.4 is 0 Å². The second-order valence-corrected chi connectivity index (χ2v) is 15.8. The van der Waals surface area contributed by atoms with Crippen LogP contribution in [0.25, 0.3) is 83.2 Å². The Morgan fingerprint density at radius 2 is 1.03 bits per heavy atom. The third-order valence-electron chi connectivity index (χ3n) is 13.1. The maximum Gasteiger partial charge on any atom is 0.238 e. The van der Waals surface area contributed by atoms with Gasteiger partial charge in [0.25, 0.3) is 0 Å². The Morgan fingerprint density at radius 1 is 0.466 bits per heavy atom. The van der Waals surface area contributed by atoms with Crippen molar-refractivity contribution in [3.8, 4) is 39.9 Å². The van der Waals surface area contributed by atoms with Gasteiger partial charge in [-0.2, -0.15) is 9.97 Å². The minimum atomic E-state index is -0.490. The Labute approximate surface area is 335 Å². The van der Waals surface area contributed by atoms with E-state index in [9.17, 15) is 0 Å². The quantitative estimate of drug-likeness (QED) is 0.181. The van der Waals surface area contributed by atoms with Gasteiger partial charge in [-0.05, 0) is 61.0 Å². The number of hydrogen-bond acceptors (Lipinski definition) is 3. The van der Waals surface area contributed by atoms with Crippen molar-refractivity contribution in [1.82, 2.24) is 19.5 Å². The van der Waals surface area contributed by atoms with Crippen LogP contribution in [0.5, 0.6) is 0 Å². The molecule has 3 aliphatic rings. The van der Waals surface area contributed by atoms with E-state index in [1.54, 1.807) is 0 Å². The van der Waals surface area contributed by atoms with Gasteiger partial charge in [0.2, 0.25) is 5.95 Å². The zero-order chi connectivity index (χ0) is 38.0. The summed E-state index contributed by atoms with van der Waals surface area (Å²) in [7, 11) is 0. The Balaban J connectivity index is 1.30. The average molecular weight is 739 g/mol. The standard InChI is InChI=1S/C54H34N4/c1-3-18-34(19-4-1)51-55-52(35-20-5-2-6-21-35)57-53(56-51)58-45-32-31-33-17-7-8-22-36(33)47(45)48-40-26-10-9-25-39(40)46-41-27-13-16-30-44(41)54(49(46)50(48)58)42-28-14-11-23-37(42)38-24-12-15-29-43(38)54/h1-32,41,44H. The van der Waals surface area contributed by atoms with Gasteiger partial charge < -0.3 is 0 Å². The molecule has 0 N–H and O–H groups in total. The van der Waals surface area contributed by atoms with Crippen LogP contribution in [0.3, 0.4) is 0 Å². The van der Waals surface area contributed by atoms with E-state index in [0.717, 1.165) is 22.2 Å². The Bertz CT molecular complexity index is 3310. The van der Waals surface area contributed by atoms with Gasteiger partial charge in [0, 0.05) is 33.7 Å². The smallest absolute Gasteiger partial charge is 0.238 e. The number of rotatable bonds is 3. The molecule has 58 heavy (non-hydrogen) atoms. The molecule has 0 fully saturated rings. The number of benzene rings is 8. The summed E-state index contributed by atoms with van der Waals surface area (Å²) >= 11 is 0. The van der Waals surface area contributed by atoms with Crippen LogP contribution >= 0.6 is 0 Å². The number of fused-ring (bicyclic) bond motifs is 19. The predicted molar refractivity (Wildman–Crippen MR) is 236 cm³/mol. The molecule has 10 aromatic rings. The maximum absolute atomic E-state index is 5.46. The van der Waals surface area contributed by atoms with Crippen molar-refractivity contribution in [3.05, 3.63) is 216 Å². The fraction of sp³-hybridized carbons (Fsp3) is 0.0556. The van der Waals surface area contributed by atoms with Crippen LogP contribution in [-0.2, 0) is 5.41 Å². The lowest BCUT2D eigenvalue weighted by Gasteiger charge is -2.36. The zero-order valence-corrected chi connectivity index (χ0v) is 31.4. The summed E-state index contributed by atoms with van der Waals surface area (Å²) in [5.41, 5.74) is 11.7. The highest BCUT2D eigenvalue weighted by Crippen LogP contribution is 2.68. The van der Waals surface area contributed by atoms with Gasteiger partial charge in [-0.15, -0.1) is 0 Å². The first kappa shape index (κ1) is 31.7. The highest BCUT2D eigenvalue weighted by atomic mass is 15.2. The van der Waals surface area contributed by atoms with E-state index in [1.807, 2.05) is 36.4 Å². The maximum atomic E-state index is 5.46. The summed E-state index contributed by atoms with van der Waals surface area (Å²) in [5, 5.41) is 7.41. The van der Waals surface area contributed by atoms with Gasteiger partial charge >= 0.3 is 0 Å². The predicted octanol–water partition coefficient (Wildman–Crippen LogP) is 12.8. The molecule has 3 aliphatic carbocycles. The molecule has 270 valence electrons. The fourth-order valence-electron chi connectivity index (χ4n) is 11.0. The van der Waals surface area contributed by atoms with E-state index >= 15 is 0 Å². The molecule has 2 heterocycles. The summed E-state index contributed by atoms with van der Waals surface area (Å²) in [5.74, 6) is 2.19. The minimum Gasteiger partial charge on any atom is -0.277 e. The van der Waals surface area contributed by atoms with Gasteiger partial charge in [0.15, 0.2) is 11.6 Å². The van der Waals surface area contributed by atoms with Crippen molar-refractivity contribution in [2.45, 2.75) is 11.3 Å². The van der Waals surface area contributed by atoms with Crippen molar-refractivity contribution in [1.29, 1.82) is 0 Å². The van der Waals surface area contributed by atoms with Crippen LogP contribution in [0.2, 0.25) is 0 Å². The first-order valence-electron chi connectivity index (χ1n) is 20.1.